The predicted octanol–water partition coefficient (Wildman–Crippen LogP) is 4.24. The van der Waals surface area contributed by atoms with Gasteiger partial charge in [0, 0.05) is 5.56 Å². The first kappa shape index (κ1) is 18.5. The van der Waals surface area contributed by atoms with Crippen molar-refractivity contribution >= 4 is 35.0 Å². The molecular weight excluding hydrogens is 405 g/mol. The standard InChI is InChI=1S/C19H13Cl2N3O4/c1-2-27-11-5-3-10(4-6-11)17-22-16(28-23-17)9-24-18(25)12-7-14(20)15(21)8-13(12)19(24)26/h3-8H,2,9H2,1H3. The minimum atomic E-state index is -0.487. The molecule has 0 spiro atoms. The molecule has 2 amide bonds. The zero-order valence-electron chi connectivity index (χ0n) is 14.6. The lowest BCUT2D eigenvalue weighted by molar-refractivity contribution is 0.0625. The van der Waals surface area contributed by atoms with Gasteiger partial charge in [0.2, 0.25) is 11.7 Å². The third-order valence-corrected chi connectivity index (χ3v) is 4.92. The molecule has 0 saturated carbocycles. The van der Waals surface area contributed by atoms with Gasteiger partial charge in [-0.2, -0.15) is 4.98 Å². The van der Waals surface area contributed by atoms with E-state index in [9.17, 15) is 9.59 Å². The molecule has 0 N–H and O–H groups in total. The molecule has 4 rings (SSSR count). The van der Waals surface area contributed by atoms with Crippen LogP contribution in [0.4, 0.5) is 0 Å². The van der Waals surface area contributed by atoms with Gasteiger partial charge in [-0.05, 0) is 43.3 Å². The molecule has 2 heterocycles. The Balaban J connectivity index is 1.54. The van der Waals surface area contributed by atoms with Crippen LogP contribution in [0.3, 0.4) is 0 Å². The van der Waals surface area contributed by atoms with E-state index in [0.717, 1.165) is 16.2 Å². The van der Waals surface area contributed by atoms with Gasteiger partial charge >= 0.3 is 0 Å². The molecule has 1 aromatic heterocycles. The van der Waals surface area contributed by atoms with Gasteiger partial charge in [0.15, 0.2) is 0 Å². The highest BCUT2D eigenvalue weighted by Crippen LogP contribution is 2.32. The normalized spacial score (nSPS) is 13.2. The molecule has 1 aliphatic rings. The first-order valence-corrected chi connectivity index (χ1v) is 9.14. The van der Waals surface area contributed by atoms with E-state index < -0.39 is 11.8 Å². The molecule has 0 aliphatic carbocycles. The van der Waals surface area contributed by atoms with Crippen molar-refractivity contribution in [3.05, 3.63) is 63.5 Å². The number of hydrogen-bond donors (Lipinski definition) is 0. The van der Waals surface area contributed by atoms with Crippen molar-refractivity contribution in [3.63, 3.8) is 0 Å². The molecule has 1 aliphatic heterocycles. The van der Waals surface area contributed by atoms with E-state index in [1.807, 2.05) is 6.92 Å². The highest BCUT2D eigenvalue weighted by molar-refractivity contribution is 6.43. The van der Waals surface area contributed by atoms with Crippen LogP contribution < -0.4 is 4.74 Å². The summed E-state index contributed by atoms with van der Waals surface area (Å²) in [5.74, 6) is 0.244. The zero-order valence-corrected chi connectivity index (χ0v) is 16.1. The number of aromatic nitrogens is 2. The lowest BCUT2D eigenvalue weighted by atomic mass is 10.1. The maximum Gasteiger partial charge on any atom is 0.262 e. The number of benzene rings is 2. The molecule has 0 radical (unpaired) electrons. The number of nitrogens with zero attached hydrogens (tertiary/aromatic N) is 3. The largest absolute Gasteiger partial charge is 0.494 e. The van der Waals surface area contributed by atoms with Crippen molar-refractivity contribution in [1.29, 1.82) is 0 Å². The summed E-state index contributed by atoms with van der Waals surface area (Å²) >= 11 is 11.9. The number of rotatable bonds is 5. The van der Waals surface area contributed by atoms with Crippen molar-refractivity contribution in [2.75, 3.05) is 6.61 Å². The van der Waals surface area contributed by atoms with Gasteiger partial charge in [-0.1, -0.05) is 28.4 Å². The second-order valence-corrected chi connectivity index (χ2v) is 6.79. The molecule has 7 nitrogen and oxygen atoms in total. The maximum atomic E-state index is 12.6. The summed E-state index contributed by atoms with van der Waals surface area (Å²) in [6.07, 6.45) is 0. The monoisotopic (exact) mass is 417 g/mol. The molecule has 2 aromatic carbocycles. The summed E-state index contributed by atoms with van der Waals surface area (Å²) in [7, 11) is 0. The topological polar surface area (TPSA) is 85.5 Å². The van der Waals surface area contributed by atoms with Crippen LogP contribution in [0.2, 0.25) is 10.0 Å². The summed E-state index contributed by atoms with van der Waals surface area (Å²) in [6.45, 7) is 2.33. The van der Waals surface area contributed by atoms with Crippen molar-refractivity contribution in [3.8, 4) is 17.1 Å². The molecule has 0 atom stereocenters. The number of hydrogen-bond acceptors (Lipinski definition) is 6. The molecule has 28 heavy (non-hydrogen) atoms. The van der Waals surface area contributed by atoms with Gasteiger partial charge in [-0.3, -0.25) is 14.5 Å². The van der Waals surface area contributed by atoms with E-state index in [0.29, 0.717) is 12.4 Å². The average molecular weight is 418 g/mol. The van der Waals surface area contributed by atoms with Gasteiger partial charge in [0.25, 0.3) is 11.8 Å². The smallest absolute Gasteiger partial charge is 0.262 e. The van der Waals surface area contributed by atoms with Crippen molar-refractivity contribution in [2.24, 2.45) is 0 Å². The highest BCUT2D eigenvalue weighted by atomic mass is 35.5. The van der Waals surface area contributed by atoms with Crippen LogP contribution in [-0.2, 0) is 6.54 Å². The summed E-state index contributed by atoms with van der Waals surface area (Å²) < 4.78 is 10.6. The van der Waals surface area contributed by atoms with E-state index in [4.69, 9.17) is 32.5 Å². The highest BCUT2D eigenvalue weighted by Gasteiger charge is 2.37. The van der Waals surface area contributed by atoms with E-state index >= 15 is 0 Å². The van der Waals surface area contributed by atoms with Crippen molar-refractivity contribution in [2.45, 2.75) is 13.5 Å². The van der Waals surface area contributed by atoms with Gasteiger partial charge in [-0.15, -0.1) is 0 Å². The fourth-order valence-corrected chi connectivity index (χ4v) is 3.19. The third-order valence-electron chi connectivity index (χ3n) is 4.20. The lowest BCUT2D eigenvalue weighted by Crippen LogP contribution is -2.29. The van der Waals surface area contributed by atoms with Crippen LogP contribution in [0.5, 0.6) is 5.75 Å². The quantitative estimate of drug-likeness (QED) is 0.577. The fraction of sp³-hybridized carbons (Fsp3) is 0.158. The Bertz CT molecular complexity index is 1040. The second kappa shape index (κ2) is 7.26. The van der Waals surface area contributed by atoms with Gasteiger partial charge in [-0.25, -0.2) is 0 Å². The molecule has 0 saturated heterocycles. The van der Waals surface area contributed by atoms with E-state index in [2.05, 4.69) is 10.1 Å². The Morgan fingerprint density at radius 2 is 1.64 bits per heavy atom. The Hall–Kier alpha value is -2.90. The molecule has 0 fully saturated rings. The van der Waals surface area contributed by atoms with Crippen LogP contribution in [-0.4, -0.2) is 33.5 Å². The Labute approximate surface area is 169 Å². The van der Waals surface area contributed by atoms with Crippen LogP contribution in [0.1, 0.15) is 33.5 Å². The average Bonchev–Trinajstić information content (AvgIpc) is 3.24. The molecule has 0 unspecified atom stereocenters. The number of ether oxygens (including phenoxy) is 1. The van der Waals surface area contributed by atoms with Gasteiger partial charge < -0.3 is 9.26 Å². The second-order valence-electron chi connectivity index (χ2n) is 5.98. The van der Waals surface area contributed by atoms with E-state index in [1.165, 1.54) is 12.1 Å². The Kier molecular flexibility index (Phi) is 4.78. The first-order valence-electron chi connectivity index (χ1n) is 8.39. The number of fused-ring (bicyclic) bond motifs is 1. The number of amides is 2. The number of carbonyl (C=O) groups is 2. The molecule has 9 heteroatoms. The van der Waals surface area contributed by atoms with Crippen molar-refractivity contribution in [1.82, 2.24) is 15.0 Å². The number of imide groups is 1. The van der Waals surface area contributed by atoms with E-state index in [1.54, 1.807) is 24.3 Å². The first-order chi connectivity index (χ1) is 13.5. The Morgan fingerprint density at radius 3 is 2.21 bits per heavy atom. The lowest BCUT2D eigenvalue weighted by Gasteiger charge is -2.09. The molecule has 3 aromatic rings. The van der Waals surface area contributed by atoms with Crippen LogP contribution in [0.25, 0.3) is 11.4 Å². The van der Waals surface area contributed by atoms with Crippen molar-refractivity contribution < 1.29 is 18.8 Å². The minimum absolute atomic E-state index is 0.135. The summed E-state index contributed by atoms with van der Waals surface area (Å²) in [4.78, 5) is 30.4. The molecular formula is C19H13Cl2N3O4. The maximum absolute atomic E-state index is 12.6. The third kappa shape index (κ3) is 3.23. The zero-order chi connectivity index (χ0) is 19.8. The summed E-state index contributed by atoms with van der Waals surface area (Å²) in [5.41, 5.74) is 1.12. The fourth-order valence-electron chi connectivity index (χ4n) is 2.87. The number of carbonyl (C=O) groups excluding carboxylic acids is 2. The summed E-state index contributed by atoms with van der Waals surface area (Å²) in [6, 6.07) is 9.97. The summed E-state index contributed by atoms with van der Waals surface area (Å²) in [5, 5.41) is 4.33. The van der Waals surface area contributed by atoms with E-state index in [-0.39, 0.29) is 33.6 Å². The number of halogens is 2. The predicted molar refractivity (Wildman–Crippen MR) is 102 cm³/mol. The van der Waals surface area contributed by atoms with Crippen LogP contribution in [0.15, 0.2) is 40.9 Å². The molecule has 0 bridgehead atoms. The van der Waals surface area contributed by atoms with Gasteiger partial charge in [0.05, 0.1) is 27.8 Å². The van der Waals surface area contributed by atoms with Crippen LogP contribution in [0, 0.1) is 0 Å². The minimum Gasteiger partial charge on any atom is -0.494 e. The molecule has 142 valence electrons. The Morgan fingerprint density at radius 1 is 1.04 bits per heavy atom. The van der Waals surface area contributed by atoms with Crippen LogP contribution >= 0.6 is 23.2 Å². The SMILES string of the molecule is CCOc1ccc(-c2noc(CN3C(=O)c4cc(Cl)c(Cl)cc4C3=O)n2)cc1. The van der Waals surface area contributed by atoms with Gasteiger partial charge in [0.1, 0.15) is 12.3 Å².